The van der Waals surface area contributed by atoms with E-state index in [0.29, 0.717) is 0 Å². The van der Waals surface area contributed by atoms with Gasteiger partial charge in [-0.15, -0.1) is 20.5 Å². The number of phenolic OH excluding ortho intramolecular Hbond substituents is 4. The summed E-state index contributed by atoms with van der Waals surface area (Å²) < 4.78 is 11.6. The van der Waals surface area contributed by atoms with Crippen LogP contribution in [0.25, 0.3) is 43.1 Å². The summed E-state index contributed by atoms with van der Waals surface area (Å²) in [4.78, 5) is 27.1. The van der Waals surface area contributed by atoms with Crippen LogP contribution in [0.5, 0.6) is 34.5 Å². The smallest absolute Gasteiger partial charge is 0.271 e. The number of phenols is 4. The third-order valence-electron chi connectivity index (χ3n) is 28.1. The molecule has 701 valence electrons. The molecule has 140 heavy (non-hydrogen) atoms. The Morgan fingerprint density at radius 3 is 1.10 bits per heavy atom. The zero-order valence-electron chi connectivity index (χ0n) is 80.0. The van der Waals surface area contributed by atoms with Crippen molar-refractivity contribution in [2.45, 2.75) is 95.8 Å². The molecule has 0 aromatic heterocycles. The molecule has 16 aromatic rings. The van der Waals surface area contributed by atoms with Gasteiger partial charge in [-0.1, -0.05) is 212 Å². The van der Waals surface area contributed by atoms with Crippen molar-refractivity contribution in [1.82, 2.24) is 0 Å². The fourth-order valence-electron chi connectivity index (χ4n) is 21.4. The summed E-state index contributed by atoms with van der Waals surface area (Å²) in [6.07, 6.45) is 17.6. The second-order valence-electron chi connectivity index (χ2n) is 37.0. The Morgan fingerprint density at radius 2 is 0.721 bits per heavy atom. The van der Waals surface area contributed by atoms with Crippen molar-refractivity contribution in [2.75, 3.05) is 56.0 Å². The molecule has 0 aliphatic carbocycles. The molecule has 4 heterocycles. The molecule has 0 saturated carbocycles. The number of fused-ring (bicyclic) bond motifs is 12. The second kappa shape index (κ2) is 39.8. The van der Waals surface area contributed by atoms with Crippen molar-refractivity contribution in [3.63, 3.8) is 0 Å². The number of hydrogen-bond acceptors (Lipinski definition) is 16. The van der Waals surface area contributed by atoms with Crippen LogP contribution in [0.4, 0.5) is 62.6 Å². The standard InChI is InChI=1S/C90H80N4O.C16H18N4O4.C13H11N3O4.Co/c1-87(57-61-25-11-9-12-26-61)79(91(5)75-53-45-65-29-15-19-33-71(65)83(75)87)37-23-39-81-89(3,85-73-35-21-17-31-67(73)47-55-77(85)93(81)7)59-63-41-49-69(50-42-63)95-70-51-43-64(44-52-70)60-90(4)82(94(8)78-56-48-68-32-18-22-36-74(68)86(78)90)40-24-38-80-88(2,58-62-27-13-10-14-28-62)84-72-34-20-16-30-66(72)46-54-76(84)92(80)6;1-3-19(4-2)11-5-7-13(16(22)10-11)17-18-14-9-12(20(23)24)6-8-15(14)21;1-8-2-4-10(13(18)6-8)14-15-11-7-9(16(19)20)3-5-12(11)17;/h9-56H,57-60H2,1-8H3;5-10,21-22H,3-4H2,1-2H3;2-7,17-18H,1H3;/q+2;;;. The van der Waals surface area contributed by atoms with Crippen molar-refractivity contribution < 1.29 is 60.9 Å². The van der Waals surface area contributed by atoms with Crippen LogP contribution in [-0.4, -0.2) is 92.1 Å². The number of nitro groups is 2. The SMILES string of the molecule is CCN(CC)c1ccc(N=Nc2cc([N+](=O)[O-])ccc2O)c(O)c1.CN1/C(=C/C=C/C2=[N+](C)c3ccc4ccccc4c3C2(C)Cc2ccc(Oc3ccc(CC4(C)C(/C=C/C=C5/N(C)c6ccc7ccccc7c6C5(C)Cc5ccccc5)=[N+](C)c5ccc6ccccc6c54)cc3)cc2)C(C)(Cc2ccccc2)c2c1ccc1ccccc21.Cc1ccc(N=Nc2cc([N+](=O)[O-])ccc2O)c(O)c1.[Co]. The number of nitro benzene ring substituents is 2. The van der Waals surface area contributed by atoms with Gasteiger partial charge in [-0.2, -0.15) is 9.15 Å². The van der Waals surface area contributed by atoms with E-state index in [2.05, 4.69) is 391 Å². The van der Waals surface area contributed by atoms with E-state index >= 15 is 0 Å². The molecular formula is C119H109CoN11O9+2. The molecule has 4 N–H and O–H groups in total. The maximum Gasteiger partial charge on any atom is 0.271 e. The van der Waals surface area contributed by atoms with Gasteiger partial charge >= 0.3 is 0 Å². The van der Waals surface area contributed by atoms with Crippen molar-refractivity contribution in [3.8, 4) is 34.5 Å². The minimum absolute atomic E-state index is 0. The van der Waals surface area contributed by atoms with Crippen LogP contribution >= 0.6 is 0 Å². The van der Waals surface area contributed by atoms with Gasteiger partial charge in [-0.05, 0) is 253 Å². The first-order valence-electron chi connectivity index (χ1n) is 46.8. The molecule has 0 fully saturated rings. The summed E-state index contributed by atoms with van der Waals surface area (Å²) in [5, 5.41) is 85.8. The molecular weight excluding hydrogens is 1790 g/mol. The number of allylic oxidation sites excluding steroid dienone is 8. The van der Waals surface area contributed by atoms with Crippen LogP contribution in [-0.2, 0) is 64.1 Å². The van der Waals surface area contributed by atoms with Gasteiger partial charge in [0, 0.05) is 149 Å². The number of aryl methyl sites for hydroxylation is 1. The van der Waals surface area contributed by atoms with E-state index in [1.54, 1.807) is 30.3 Å². The Bertz CT molecular complexity index is 7460. The normalized spacial score (nSPS) is 18.0. The number of aromatic hydroxyl groups is 4. The number of anilines is 3. The van der Waals surface area contributed by atoms with E-state index in [-0.39, 0.29) is 95.6 Å². The summed E-state index contributed by atoms with van der Waals surface area (Å²) >= 11 is 0. The fourth-order valence-corrected chi connectivity index (χ4v) is 21.4. The molecule has 1 radical (unpaired) electrons. The Labute approximate surface area is 825 Å². The van der Waals surface area contributed by atoms with Crippen molar-refractivity contribution in [1.29, 1.82) is 0 Å². The van der Waals surface area contributed by atoms with Crippen molar-refractivity contribution >= 4 is 117 Å². The number of non-ortho nitro benzene ring substituents is 2. The van der Waals surface area contributed by atoms with Crippen LogP contribution in [0.3, 0.4) is 0 Å². The van der Waals surface area contributed by atoms with Crippen LogP contribution in [0.1, 0.15) is 91.6 Å². The molecule has 4 aliphatic heterocycles. The van der Waals surface area contributed by atoms with E-state index in [1.165, 1.54) is 157 Å². The Hall–Kier alpha value is -16.2. The molecule has 4 unspecified atom stereocenters. The molecule has 0 spiro atoms. The monoisotopic (exact) mass is 1890 g/mol. The van der Waals surface area contributed by atoms with Gasteiger partial charge in [0.05, 0.1) is 20.7 Å². The summed E-state index contributed by atoms with van der Waals surface area (Å²) in [5.74, 6) is 1.04. The van der Waals surface area contributed by atoms with Gasteiger partial charge in [-0.3, -0.25) is 20.2 Å². The topological polar surface area (TPSA) is 242 Å². The van der Waals surface area contributed by atoms with Crippen LogP contribution in [0.2, 0.25) is 0 Å². The maximum atomic E-state index is 10.8. The predicted octanol–water partition coefficient (Wildman–Crippen LogP) is 28.7. The number of likely N-dealkylation sites (N-methyl/N-ethyl adjacent to an activating group) is 2. The molecule has 21 heteroatoms. The molecule has 0 bridgehead atoms. The van der Waals surface area contributed by atoms with Crippen molar-refractivity contribution in [3.05, 3.63) is 446 Å². The predicted molar refractivity (Wildman–Crippen MR) is 561 cm³/mol. The van der Waals surface area contributed by atoms with Gasteiger partial charge in [-0.25, -0.2) is 0 Å². The second-order valence-corrected chi connectivity index (χ2v) is 37.0. The largest absolute Gasteiger partial charge is 0.506 e. The van der Waals surface area contributed by atoms with Gasteiger partial charge in [0.25, 0.3) is 11.4 Å². The van der Waals surface area contributed by atoms with Gasteiger partial charge in [0.1, 0.15) is 71.3 Å². The third-order valence-corrected chi connectivity index (χ3v) is 28.1. The van der Waals surface area contributed by atoms with Crippen LogP contribution in [0.15, 0.2) is 396 Å². The Morgan fingerprint density at radius 1 is 0.379 bits per heavy atom. The average Bonchev–Trinajstić information content (AvgIpc) is 1.57. The zero-order valence-corrected chi connectivity index (χ0v) is 81.0. The van der Waals surface area contributed by atoms with Gasteiger partial charge in [0.2, 0.25) is 11.4 Å². The first-order chi connectivity index (χ1) is 67.1. The minimum Gasteiger partial charge on any atom is -0.506 e. The van der Waals surface area contributed by atoms with E-state index < -0.39 is 9.85 Å². The third kappa shape index (κ3) is 18.5. The maximum absolute atomic E-state index is 10.8. The fraction of sp³-hybridized carbons (Fsp3) is 0.176. The van der Waals surface area contributed by atoms with Gasteiger partial charge in [0.15, 0.2) is 11.4 Å². The number of rotatable bonds is 23. The minimum atomic E-state index is -0.595. The summed E-state index contributed by atoms with van der Waals surface area (Å²) in [6, 6.07) is 110. The quantitative estimate of drug-likeness (QED) is 0.0202. The molecule has 4 atom stereocenters. The summed E-state index contributed by atoms with van der Waals surface area (Å²) in [6.45, 7) is 17.2. The van der Waals surface area contributed by atoms with Gasteiger partial charge < -0.3 is 39.9 Å². The van der Waals surface area contributed by atoms with E-state index in [4.69, 9.17) is 4.74 Å². The van der Waals surface area contributed by atoms with Crippen LogP contribution in [0, 0.1) is 27.2 Å². The van der Waals surface area contributed by atoms with Crippen molar-refractivity contribution in [2.24, 2.45) is 20.5 Å². The number of azo groups is 2. The van der Waals surface area contributed by atoms with E-state index in [1.807, 2.05) is 20.8 Å². The molecule has 20 nitrogen and oxygen atoms in total. The molecule has 20 rings (SSSR count). The Balaban J connectivity index is 0.000000246. The summed E-state index contributed by atoms with van der Waals surface area (Å²) in [7, 11) is 8.98. The zero-order chi connectivity index (χ0) is 97.2. The number of benzene rings is 16. The molecule has 4 aliphatic rings. The van der Waals surface area contributed by atoms with Crippen LogP contribution < -0.4 is 19.4 Å². The number of nitrogens with zero attached hydrogens (tertiary/aromatic N) is 11. The average molecular weight is 1900 g/mol. The molecule has 0 saturated heterocycles. The first kappa shape index (κ1) is 95.5. The summed E-state index contributed by atoms with van der Waals surface area (Å²) in [5.41, 5.74) is 21.2. The molecule has 0 amide bonds. The van der Waals surface area contributed by atoms with E-state index in [0.717, 1.165) is 79.7 Å². The van der Waals surface area contributed by atoms with E-state index in [9.17, 15) is 40.7 Å². The number of ether oxygens (including phenoxy) is 1. The first-order valence-corrected chi connectivity index (χ1v) is 46.8. The Kier molecular flexibility index (Phi) is 27.2. The molecule has 16 aromatic carbocycles. The number of hydrogen-bond donors (Lipinski definition) is 4.